The van der Waals surface area contributed by atoms with Crippen LogP contribution in [0.25, 0.3) is 0 Å². The fourth-order valence-electron chi connectivity index (χ4n) is 1.51. The molecular formula is C13H20INO. The van der Waals surface area contributed by atoms with E-state index in [-0.39, 0.29) is 0 Å². The summed E-state index contributed by atoms with van der Waals surface area (Å²) in [5, 5.41) is 3.49. The van der Waals surface area contributed by atoms with Gasteiger partial charge in [-0.1, -0.05) is 12.1 Å². The molecule has 0 aliphatic rings. The Morgan fingerprint density at radius 1 is 1.31 bits per heavy atom. The van der Waals surface area contributed by atoms with E-state index in [9.17, 15) is 0 Å². The molecule has 0 heterocycles. The van der Waals surface area contributed by atoms with E-state index in [2.05, 4.69) is 59.1 Å². The van der Waals surface area contributed by atoms with Crippen LogP contribution in [0.3, 0.4) is 0 Å². The Balaban J connectivity index is 2.24. The highest BCUT2D eigenvalue weighted by Gasteiger charge is 2.03. The van der Waals surface area contributed by atoms with Gasteiger partial charge in [-0.05, 0) is 67.1 Å². The smallest absolute Gasteiger partial charge is 0.0477 e. The van der Waals surface area contributed by atoms with Crippen molar-refractivity contribution in [3.63, 3.8) is 0 Å². The molecule has 0 radical (unpaired) electrons. The molecule has 0 spiro atoms. The number of hydrogen-bond donors (Lipinski definition) is 1. The average Bonchev–Trinajstić information content (AvgIpc) is 2.29. The van der Waals surface area contributed by atoms with Crippen molar-refractivity contribution >= 4 is 22.6 Å². The molecule has 1 unspecified atom stereocenters. The predicted molar refractivity (Wildman–Crippen MR) is 76.7 cm³/mol. The zero-order chi connectivity index (χ0) is 11.8. The minimum Gasteiger partial charge on any atom is -0.382 e. The highest BCUT2D eigenvalue weighted by Crippen LogP contribution is 2.14. The van der Waals surface area contributed by atoms with E-state index in [1.807, 2.05) is 6.92 Å². The van der Waals surface area contributed by atoms with Gasteiger partial charge >= 0.3 is 0 Å². The normalized spacial score (nSPS) is 12.7. The molecule has 0 fully saturated rings. The highest BCUT2D eigenvalue weighted by molar-refractivity contribution is 14.1. The molecule has 16 heavy (non-hydrogen) atoms. The first-order valence-corrected chi connectivity index (χ1v) is 6.88. The largest absolute Gasteiger partial charge is 0.382 e. The summed E-state index contributed by atoms with van der Waals surface area (Å²) in [4.78, 5) is 0. The molecule has 0 bridgehead atoms. The van der Waals surface area contributed by atoms with Gasteiger partial charge in [0.05, 0.1) is 0 Å². The molecule has 1 aromatic carbocycles. The lowest BCUT2D eigenvalue weighted by molar-refractivity contribution is 0.144. The second-order valence-electron chi connectivity index (χ2n) is 3.78. The molecule has 1 N–H and O–H groups in total. The van der Waals surface area contributed by atoms with E-state index in [1.165, 1.54) is 9.13 Å². The summed E-state index contributed by atoms with van der Waals surface area (Å²) in [6.45, 7) is 6.90. The molecule has 3 heteroatoms. The van der Waals surface area contributed by atoms with Crippen molar-refractivity contribution in [1.82, 2.24) is 5.32 Å². The van der Waals surface area contributed by atoms with Crippen molar-refractivity contribution in [1.29, 1.82) is 0 Å². The molecule has 90 valence electrons. The lowest BCUT2D eigenvalue weighted by Gasteiger charge is -2.14. The molecule has 1 rings (SSSR count). The average molecular weight is 333 g/mol. The van der Waals surface area contributed by atoms with Gasteiger partial charge in [0.15, 0.2) is 0 Å². The lowest BCUT2D eigenvalue weighted by Crippen LogP contribution is -2.20. The SMILES string of the molecule is CCOCCCNC(C)c1ccc(I)cc1. The van der Waals surface area contributed by atoms with Crippen LogP contribution < -0.4 is 5.32 Å². The van der Waals surface area contributed by atoms with Crippen LogP contribution >= 0.6 is 22.6 Å². The first-order valence-electron chi connectivity index (χ1n) is 5.80. The zero-order valence-electron chi connectivity index (χ0n) is 10.0. The van der Waals surface area contributed by atoms with E-state index in [1.54, 1.807) is 0 Å². The van der Waals surface area contributed by atoms with Crippen molar-refractivity contribution in [2.75, 3.05) is 19.8 Å². The Hall–Kier alpha value is -0.130. The Labute approximate surface area is 112 Å². The molecule has 0 aromatic heterocycles. The third kappa shape index (κ3) is 5.27. The monoisotopic (exact) mass is 333 g/mol. The van der Waals surface area contributed by atoms with E-state index in [0.29, 0.717) is 6.04 Å². The van der Waals surface area contributed by atoms with Crippen LogP contribution in [-0.4, -0.2) is 19.8 Å². The number of halogens is 1. The molecule has 1 atom stereocenters. The summed E-state index contributed by atoms with van der Waals surface area (Å²) in [6.07, 6.45) is 1.07. The molecule has 0 amide bonds. The van der Waals surface area contributed by atoms with Gasteiger partial charge in [-0.3, -0.25) is 0 Å². The number of benzene rings is 1. The quantitative estimate of drug-likeness (QED) is 0.610. The van der Waals surface area contributed by atoms with Crippen LogP contribution in [-0.2, 0) is 4.74 Å². The second kappa shape index (κ2) is 8.03. The Morgan fingerprint density at radius 3 is 2.62 bits per heavy atom. The summed E-state index contributed by atoms with van der Waals surface area (Å²) >= 11 is 2.33. The lowest BCUT2D eigenvalue weighted by atomic mass is 10.1. The topological polar surface area (TPSA) is 21.3 Å². The summed E-state index contributed by atoms with van der Waals surface area (Å²) in [5.41, 5.74) is 1.34. The summed E-state index contributed by atoms with van der Waals surface area (Å²) in [6, 6.07) is 9.07. The fourth-order valence-corrected chi connectivity index (χ4v) is 1.87. The Morgan fingerprint density at radius 2 is 2.00 bits per heavy atom. The van der Waals surface area contributed by atoms with Crippen molar-refractivity contribution in [3.8, 4) is 0 Å². The van der Waals surface area contributed by atoms with Gasteiger partial charge in [0.25, 0.3) is 0 Å². The van der Waals surface area contributed by atoms with Gasteiger partial charge in [0.1, 0.15) is 0 Å². The van der Waals surface area contributed by atoms with E-state index in [4.69, 9.17) is 4.74 Å². The highest BCUT2D eigenvalue weighted by atomic mass is 127. The van der Waals surface area contributed by atoms with Crippen LogP contribution in [0.5, 0.6) is 0 Å². The minimum absolute atomic E-state index is 0.415. The van der Waals surface area contributed by atoms with Crippen LogP contribution in [0.2, 0.25) is 0 Å². The van der Waals surface area contributed by atoms with Gasteiger partial charge in [-0.2, -0.15) is 0 Å². The molecule has 1 aromatic rings. The van der Waals surface area contributed by atoms with Gasteiger partial charge in [0.2, 0.25) is 0 Å². The van der Waals surface area contributed by atoms with Gasteiger partial charge in [0, 0.05) is 22.8 Å². The molecule has 0 saturated carbocycles. The van der Waals surface area contributed by atoms with Crippen molar-refractivity contribution < 1.29 is 4.74 Å². The number of nitrogens with one attached hydrogen (secondary N) is 1. The standard InChI is InChI=1S/C13H20INO/c1-3-16-10-4-9-15-11(2)12-5-7-13(14)8-6-12/h5-8,11,15H,3-4,9-10H2,1-2H3. The molecule has 0 aliphatic heterocycles. The Kier molecular flexibility index (Phi) is 7.00. The van der Waals surface area contributed by atoms with E-state index < -0.39 is 0 Å². The van der Waals surface area contributed by atoms with Crippen LogP contribution in [0.4, 0.5) is 0 Å². The van der Waals surface area contributed by atoms with Crippen molar-refractivity contribution in [3.05, 3.63) is 33.4 Å². The molecular weight excluding hydrogens is 313 g/mol. The maximum absolute atomic E-state index is 5.30. The van der Waals surface area contributed by atoms with Gasteiger partial charge in [-0.25, -0.2) is 0 Å². The third-order valence-electron chi connectivity index (χ3n) is 2.49. The van der Waals surface area contributed by atoms with Crippen molar-refractivity contribution in [2.45, 2.75) is 26.3 Å². The molecule has 2 nitrogen and oxygen atoms in total. The van der Waals surface area contributed by atoms with Crippen LogP contribution in [0.1, 0.15) is 31.9 Å². The van der Waals surface area contributed by atoms with Gasteiger partial charge < -0.3 is 10.1 Å². The maximum Gasteiger partial charge on any atom is 0.0477 e. The number of rotatable bonds is 7. The van der Waals surface area contributed by atoms with Gasteiger partial charge in [-0.15, -0.1) is 0 Å². The first-order chi connectivity index (χ1) is 7.74. The number of hydrogen-bond acceptors (Lipinski definition) is 2. The van der Waals surface area contributed by atoms with Crippen LogP contribution in [0, 0.1) is 3.57 Å². The summed E-state index contributed by atoms with van der Waals surface area (Å²) in [7, 11) is 0. The maximum atomic E-state index is 5.30. The minimum atomic E-state index is 0.415. The summed E-state index contributed by atoms with van der Waals surface area (Å²) in [5.74, 6) is 0. The predicted octanol–water partition coefficient (Wildman–Crippen LogP) is 3.37. The number of ether oxygens (including phenoxy) is 1. The second-order valence-corrected chi connectivity index (χ2v) is 5.02. The summed E-state index contributed by atoms with van der Waals surface area (Å²) < 4.78 is 6.58. The zero-order valence-corrected chi connectivity index (χ0v) is 12.2. The molecule has 0 saturated heterocycles. The molecule has 0 aliphatic carbocycles. The van der Waals surface area contributed by atoms with E-state index in [0.717, 1.165) is 26.2 Å². The van der Waals surface area contributed by atoms with Crippen molar-refractivity contribution in [2.24, 2.45) is 0 Å². The first kappa shape index (κ1) is 13.9. The van der Waals surface area contributed by atoms with Crippen LogP contribution in [0.15, 0.2) is 24.3 Å². The third-order valence-corrected chi connectivity index (χ3v) is 3.21. The Bertz CT molecular complexity index is 286. The van der Waals surface area contributed by atoms with E-state index >= 15 is 0 Å². The fraction of sp³-hybridized carbons (Fsp3) is 0.538.